The molecule has 2 aliphatic rings. The van der Waals surface area contributed by atoms with Gasteiger partial charge in [-0.2, -0.15) is 0 Å². The predicted octanol–water partition coefficient (Wildman–Crippen LogP) is 5.31. The van der Waals surface area contributed by atoms with E-state index in [9.17, 15) is 14.7 Å². The number of aliphatic hydroxyl groups is 1. The first kappa shape index (κ1) is 35.3. The highest BCUT2D eigenvalue weighted by Gasteiger charge is 2.33. The number of amides is 2. The summed E-state index contributed by atoms with van der Waals surface area (Å²) in [6.07, 6.45) is 0.373. The zero-order valence-corrected chi connectivity index (χ0v) is 28.3. The average molecular weight is 680 g/mol. The molecule has 2 saturated heterocycles. The van der Waals surface area contributed by atoms with Gasteiger partial charge in [0.05, 0.1) is 39.1 Å². The highest BCUT2D eigenvalue weighted by atomic mass is 16.7. The fourth-order valence-corrected chi connectivity index (χ4v) is 6.38. The summed E-state index contributed by atoms with van der Waals surface area (Å²) in [5, 5.41) is 15.1. The molecule has 0 aromatic heterocycles. The lowest BCUT2D eigenvalue weighted by Crippen LogP contribution is -2.47. The topological polar surface area (TPSA) is 119 Å². The fraction of sp³-hybridized carbons (Fsp3) is 0.350. The molecule has 2 heterocycles. The molecule has 0 radical (unpaired) electrons. The number of carbonyl (C=O) groups is 2. The van der Waals surface area contributed by atoms with Crippen molar-refractivity contribution in [3.63, 3.8) is 0 Å². The van der Waals surface area contributed by atoms with Gasteiger partial charge in [0.2, 0.25) is 0 Å². The number of ether oxygens (including phenoxy) is 4. The summed E-state index contributed by atoms with van der Waals surface area (Å²) in [6, 6.07) is 32.4. The van der Waals surface area contributed by atoms with Gasteiger partial charge >= 0.3 is 12.0 Å². The van der Waals surface area contributed by atoms with Crippen LogP contribution in [0, 0.1) is 0 Å². The van der Waals surface area contributed by atoms with E-state index >= 15 is 0 Å². The summed E-state index contributed by atoms with van der Waals surface area (Å²) < 4.78 is 23.6. The number of carbonyl (C=O) groups excluding carboxylic acids is 2. The van der Waals surface area contributed by atoms with Crippen molar-refractivity contribution in [2.24, 2.45) is 0 Å². The van der Waals surface area contributed by atoms with Crippen LogP contribution in [-0.2, 0) is 43.3 Å². The number of morpholine rings is 1. The Hall–Kier alpha value is -4.58. The summed E-state index contributed by atoms with van der Waals surface area (Å²) in [5.41, 5.74) is 6.73. The second kappa shape index (κ2) is 17.4. The van der Waals surface area contributed by atoms with Crippen LogP contribution >= 0.6 is 0 Å². The van der Waals surface area contributed by atoms with Gasteiger partial charge < -0.3 is 34.7 Å². The third-order valence-electron chi connectivity index (χ3n) is 9.15. The number of esters is 1. The molecule has 6 rings (SSSR count). The number of benzene rings is 4. The van der Waals surface area contributed by atoms with Gasteiger partial charge in [-0.05, 0) is 39.4 Å². The molecule has 262 valence electrons. The molecule has 4 aromatic carbocycles. The zero-order chi connectivity index (χ0) is 34.7. The smallest absolute Gasteiger partial charge is 0.328 e. The van der Waals surface area contributed by atoms with E-state index in [4.69, 9.17) is 18.9 Å². The van der Waals surface area contributed by atoms with E-state index in [0.29, 0.717) is 6.42 Å². The number of methoxy groups -OCH3 is 1. The molecular weight excluding hydrogens is 634 g/mol. The van der Waals surface area contributed by atoms with Crippen LogP contribution < -0.4 is 10.6 Å². The predicted molar refractivity (Wildman–Crippen MR) is 189 cm³/mol. The Bertz CT molecular complexity index is 1680. The molecule has 2 aliphatic heterocycles. The fourth-order valence-electron chi connectivity index (χ4n) is 6.38. The van der Waals surface area contributed by atoms with Gasteiger partial charge in [-0.25, -0.2) is 9.59 Å². The van der Waals surface area contributed by atoms with Crippen molar-refractivity contribution in [3.05, 3.63) is 131 Å². The molecule has 2 amide bonds. The van der Waals surface area contributed by atoms with Crippen LogP contribution in [0.15, 0.2) is 103 Å². The average Bonchev–Trinajstić information content (AvgIpc) is 3.17. The van der Waals surface area contributed by atoms with Crippen LogP contribution in [0.4, 0.5) is 4.79 Å². The van der Waals surface area contributed by atoms with Gasteiger partial charge in [0.15, 0.2) is 6.29 Å². The normalized spacial score (nSPS) is 20.1. The number of rotatable bonds is 12. The summed E-state index contributed by atoms with van der Waals surface area (Å²) in [7, 11) is 1.31. The Morgan fingerprint density at radius 2 is 1.56 bits per heavy atom. The summed E-state index contributed by atoms with van der Waals surface area (Å²) in [6.45, 7) is 4.33. The number of hydrogen-bond donors (Lipinski definition) is 3. The van der Waals surface area contributed by atoms with Gasteiger partial charge in [-0.15, -0.1) is 0 Å². The molecule has 0 aliphatic carbocycles. The van der Waals surface area contributed by atoms with E-state index in [1.165, 1.54) is 7.11 Å². The minimum Gasteiger partial charge on any atom is -0.467 e. The first-order valence-electron chi connectivity index (χ1n) is 17.1. The summed E-state index contributed by atoms with van der Waals surface area (Å²) in [4.78, 5) is 27.5. The highest BCUT2D eigenvalue weighted by Crippen LogP contribution is 2.38. The third-order valence-corrected chi connectivity index (χ3v) is 9.15. The second-order valence-corrected chi connectivity index (χ2v) is 12.7. The molecule has 0 bridgehead atoms. The van der Waals surface area contributed by atoms with E-state index in [1.54, 1.807) is 0 Å². The molecule has 0 unspecified atom stereocenters. The van der Waals surface area contributed by atoms with Crippen molar-refractivity contribution in [2.45, 2.75) is 50.5 Å². The van der Waals surface area contributed by atoms with Crippen LogP contribution in [0.25, 0.3) is 11.1 Å². The number of nitrogens with one attached hydrogen (secondary N) is 2. The lowest BCUT2D eigenvalue weighted by Gasteiger charge is -2.39. The van der Waals surface area contributed by atoms with Gasteiger partial charge in [-0.1, -0.05) is 97.1 Å². The van der Waals surface area contributed by atoms with E-state index in [0.717, 1.165) is 78.2 Å². The van der Waals surface area contributed by atoms with Crippen molar-refractivity contribution in [2.75, 3.05) is 40.0 Å². The molecule has 0 saturated carbocycles. The van der Waals surface area contributed by atoms with E-state index in [-0.39, 0.29) is 25.4 Å². The van der Waals surface area contributed by atoms with Gasteiger partial charge in [0.1, 0.15) is 6.04 Å². The Labute approximate surface area is 293 Å². The van der Waals surface area contributed by atoms with Crippen LogP contribution in [0.1, 0.15) is 46.6 Å². The summed E-state index contributed by atoms with van der Waals surface area (Å²) >= 11 is 0. The van der Waals surface area contributed by atoms with Crippen molar-refractivity contribution < 1.29 is 33.6 Å². The van der Waals surface area contributed by atoms with E-state index in [2.05, 4.69) is 27.7 Å². The largest absolute Gasteiger partial charge is 0.467 e. The molecular formula is C40H45N3O7. The Morgan fingerprint density at radius 1 is 0.840 bits per heavy atom. The van der Waals surface area contributed by atoms with Gasteiger partial charge in [-0.3, -0.25) is 4.90 Å². The Kier molecular flexibility index (Phi) is 12.3. The van der Waals surface area contributed by atoms with Crippen LogP contribution in [0.3, 0.4) is 0 Å². The Balaban J connectivity index is 1.10. The van der Waals surface area contributed by atoms with Crippen LogP contribution in [0.5, 0.6) is 0 Å². The SMILES string of the molecule is COC(=O)[C@H](Cc1ccccc1)NC(=O)NCc1cccc(-c2ccc([C@H]3O[C@@H](CN4CCOCC4)C[C@@H](c4ccc(CO)cc4)O3)cc2)c1. The maximum Gasteiger partial charge on any atom is 0.328 e. The van der Waals surface area contributed by atoms with E-state index in [1.807, 2.05) is 91.0 Å². The van der Waals surface area contributed by atoms with Crippen molar-refractivity contribution >= 4 is 12.0 Å². The number of urea groups is 1. The zero-order valence-electron chi connectivity index (χ0n) is 28.3. The van der Waals surface area contributed by atoms with Crippen molar-refractivity contribution in [1.82, 2.24) is 15.5 Å². The third kappa shape index (κ3) is 9.56. The van der Waals surface area contributed by atoms with Gasteiger partial charge in [0, 0.05) is 44.6 Å². The van der Waals surface area contributed by atoms with Gasteiger partial charge in [0.25, 0.3) is 0 Å². The molecule has 3 N–H and O–H groups in total. The molecule has 10 heteroatoms. The second-order valence-electron chi connectivity index (χ2n) is 12.7. The number of hydrogen-bond acceptors (Lipinski definition) is 8. The number of nitrogens with zero attached hydrogens (tertiary/aromatic N) is 1. The molecule has 4 aromatic rings. The maximum absolute atomic E-state index is 12.8. The summed E-state index contributed by atoms with van der Waals surface area (Å²) in [5.74, 6) is -0.502. The Morgan fingerprint density at radius 3 is 2.28 bits per heavy atom. The van der Waals surface area contributed by atoms with Crippen molar-refractivity contribution in [1.29, 1.82) is 0 Å². The molecule has 2 fully saturated rings. The first-order valence-corrected chi connectivity index (χ1v) is 17.1. The standard InChI is InChI=1S/C40H45N3O7/c1-47-38(45)36(23-28-6-3-2-4-7-28)42-40(46)41-25-30-8-5-9-34(22-30)31-14-16-33(17-15-31)39-49-35(26-43-18-20-48-21-19-43)24-37(50-39)32-12-10-29(27-44)11-13-32/h2-17,22,35-37,39,44H,18-21,23-27H2,1H3,(H2,41,42,46)/t35-,36+,37+,39+/m1/s1. The molecule has 50 heavy (non-hydrogen) atoms. The maximum atomic E-state index is 12.8. The first-order chi connectivity index (χ1) is 24.5. The lowest BCUT2D eigenvalue weighted by molar-refractivity contribution is -0.253. The van der Waals surface area contributed by atoms with E-state index < -0.39 is 24.3 Å². The minimum absolute atomic E-state index is 0.00491. The lowest BCUT2D eigenvalue weighted by atomic mass is 9.99. The van der Waals surface area contributed by atoms with Crippen LogP contribution in [0.2, 0.25) is 0 Å². The van der Waals surface area contributed by atoms with Crippen LogP contribution in [-0.4, -0.2) is 74.1 Å². The molecule has 0 spiro atoms. The highest BCUT2D eigenvalue weighted by molar-refractivity contribution is 5.83. The van der Waals surface area contributed by atoms with Crippen molar-refractivity contribution in [3.8, 4) is 11.1 Å². The molecule has 4 atom stereocenters. The molecule has 10 nitrogen and oxygen atoms in total. The minimum atomic E-state index is -0.805. The quantitative estimate of drug-likeness (QED) is 0.173. The number of aliphatic hydroxyl groups excluding tert-OH is 1. The monoisotopic (exact) mass is 679 g/mol.